The molecular weight excluding hydrogens is 256 g/mol. The third kappa shape index (κ3) is 3.63. The molecule has 4 heteroatoms. The lowest BCUT2D eigenvalue weighted by atomic mass is 10.1. The Balaban J connectivity index is 2.65. The highest BCUT2D eigenvalue weighted by molar-refractivity contribution is 9.10. The van der Waals surface area contributed by atoms with Crippen LogP contribution in [-0.2, 0) is 4.79 Å². The lowest BCUT2D eigenvalue weighted by Gasteiger charge is -2.20. The normalized spacial score (nSPS) is 13.3. The van der Waals surface area contributed by atoms with Crippen molar-refractivity contribution >= 4 is 21.8 Å². The summed E-state index contributed by atoms with van der Waals surface area (Å²) in [5, 5.41) is 2.92. The van der Waals surface area contributed by atoms with Crippen LogP contribution in [0.1, 0.15) is 32.4 Å². The maximum Gasteiger partial charge on any atom is 0.236 e. The van der Waals surface area contributed by atoms with Gasteiger partial charge in [-0.05, 0) is 38.5 Å². The van der Waals surface area contributed by atoms with Crippen molar-refractivity contribution in [2.24, 2.45) is 0 Å². The Bertz CT molecular complexity index is 332. The molecule has 15 heavy (non-hydrogen) atoms. The molecule has 0 aliphatic carbocycles. The van der Waals surface area contributed by atoms with Gasteiger partial charge in [-0.15, -0.1) is 0 Å². The SMILES string of the molecule is CC(NC(=O)C(C)(C)Br)c1ccncc1. The highest BCUT2D eigenvalue weighted by Gasteiger charge is 2.24. The number of nitrogens with one attached hydrogen (secondary N) is 1. The summed E-state index contributed by atoms with van der Waals surface area (Å²) in [6.07, 6.45) is 3.44. The van der Waals surface area contributed by atoms with E-state index in [1.807, 2.05) is 32.9 Å². The van der Waals surface area contributed by atoms with Gasteiger partial charge >= 0.3 is 0 Å². The van der Waals surface area contributed by atoms with E-state index in [-0.39, 0.29) is 11.9 Å². The molecule has 1 unspecified atom stereocenters. The fraction of sp³-hybridized carbons (Fsp3) is 0.455. The maximum absolute atomic E-state index is 11.7. The molecule has 1 amide bonds. The number of alkyl halides is 1. The van der Waals surface area contributed by atoms with E-state index in [1.54, 1.807) is 12.4 Å². The molecule has 0 saturated heterocycles. The summed E-state index contributed by atoms with van der Waals surface area (Å²) >= 11 is 3.32. The lowest BCUT2D eigenvalue weighted by Crippen LogP contribution is -2.38. The highest BCUT2D eigenvalue weighted by atomic mass is 79.9. The summed E-state index contributed by atoms with van der Waals surface area (Å²) in [5.74, 6) is -0.0215. The summed E-state index contributed by atoms with van der Waals surface area (Å²) in [5.41, 5.74) is 1.05. The van der Waals surface area contributed by atoms with Crippen LogP contribution >= 0.6 is 15.9 Å². The third-order valence-electron chi connectivity index (χ3n) is 2.09. The zero-order valence-electron chi connectivity index (χ0n) is 9.12. The predicted octanol–water partition coefficient (Wildman–Crippen LogP) is 2.43. The topological polar surface area (TPSA) is 42.0 Å². The van der Waals surface area contributed by atoms with Gasteiger partial charge in [-0.3, -0.25) is 9.78 Å². The molecule has 0 radical (unpaired) electrons. The molecule has 0 saturated carbocycles. The molecule has 82 valence electrons. The van der Waals surface area contributed by atoms with Gasteiger partial charge in [0.25, 0.3) is 0 Å². The Morgan fingerprint density at radius 1 is 1.47 bits per heavy atom. The predicted molar refractivity (Wildman–Crippen MR) is 63.8 cm³/mol. The van der Waals surface area contributed by atoms with Gasteiger partial charge in [-0.1, -0.05) is 15.9 Å². The van der Waals surface area contributed by atoms with E-state index in [0.717, 1.165) is 5.56 Å². The van der Waals surface area contributed by atoms with Crippen molar-refractivity contribution in [3.63, 3.8) is 0 Å². The second kappa shape index (κ2) is 4.75. The molecule has 1 aromatic heterocycles. The van der Waals surface area contributed by atoms with Gasteiger partial charge in [-0.25, -0.2) is 0 Å². The van der Waals surface area contributed by atoms with E-state index in [2.05, 4.69) is 26.2 Å². The number of nitrogens with zero attached hydrogens (tertiary/aromatic N) is 1. The Hall–Kier alpha value is -0.900. The number of amides is 1. The summed E-state index contributed by atoms with van der Waals surface area (Å²) in [7, 11) is 0. The quantitative estimate of drug-likeness (QED) is 0.858. The Morgan fingerprint density at radius 2 is 2.00 bits per heavy atom. The monoisotopic (exact) mass is 270 g/mol. The lowest BCUT2D eigenvalue weighted by molar-refractivity contribution is -0.123. The number of rotatable bonds is 3. The number of carbonyl (C=O) groups is 1. The molecule has 0 spiro atoms. The van der Waals surface area contributed by atoms with Crippen molar-refractivity contribution in [2.75, 3.05) is 0 Å². The van der Waals surface area contributed by atoms with Crippen molar-refractivity contribution in [1.82, 2.24) is 10.3 Å². The van der Waals surface area contributed by atoms with Crippen molar-refractivity contribution in [3.05, 3.63) is 30.1 Å². The van der Waals surface area contributed by atoms with E-state index in [0.29, 0.717) is 0 Å². The first-order chi connectivity index (χ1) is 6.91. The van der Waals surface area contributed by atoms with Gasteiger partial charge in [-0.2, -0.15) is 0 Å². The van der Waals surface area contributed by atoms with E-state index >= 15 is 0 Å². The van der Waals surface area contributed by atoms with Gasteiger partial charge in [0.15, 0.2) is 0 Å². The zero-order valence-corrected chi connectivity index (χ0v) is 10.7. The Kier molecular flexibility index (Phi) is 3.85. The Morgan fingerprint density at radius 3 is 2.47 bits per heavy atom. The third-order valence-corrected chi connectivity index (χ3v) is 2.45. The Labute approximate surface area is 98.4 Å². The van der Waals surface area contributed by atoms with Crippen LogP contribution in [0.4, 0.5) is 0 Å². The van der Waals surface area contributed by atoms with E-state index in [9.17, 15) is 4.79 Å². The molecular formula is C11H15BrN2O. The molecule has 1 heterocycles. The van der Waals surface area contributed by atoms with Gasteiger partial charge in [0.1, 0.15) is 0 Å². The minimum Gasteiger partial charge on any atom is -0.348 e. The molecule has 0 aliphatic heterocycles. The largest absolute Gasteiger partial charge is 0.348 e. The van der Waals surface area contributed by atoms with Crippen LogP contribution in [0.15, 0.2) is 24.5 Å². The van der Waals surface area contributed by atoms with Crippen LogP contribution < -0.4 is 5.32 Å². The van der Waals surface area contributed by atoms with E-state index < -0.39 is 4.32 Å². The average Bonchev–Trinajstić information content (AvgIpc) is 2.17. The van der Waals surface area contributed by atoms with Crippen molar-refractivity contribution < 1.29 is 4.79 Å². The zero-order chi connectivity index (χ0) is 11.5. The number of hydrogen-bond donors (Lipinski definition) is 1. The standard InChI is InChI=1S/C11H15BrN2O/c1-8(9-4-6-13-7-5-9)14-10(15)11(2,3)12/h4-8H,1-3H3,(H,14,15). The van der Waals surface area contributed by atoms with Crippen molar-refractivity contribution in [2.45, 2.75) is 31.1 Å². The summed E-state index contributed by atoms with van der Waals surface area (Å²) in [6.45, 7) is 5.59. The molecule has 1 atom stereocenters. The second-order valence-corrected chi connectivity index (χ2v) is 5.93. The van der Waals surface area contributed by atoms with Crippen LogP contribution in [0.2, 0.25) is 0 Å². The molecule has 1 aromatic rings. The first kappa shape index (κ1) is 12.2. The first-order valence-electron chi connectivity index (χ1n) is 4.81. The van der Waals surface area contributed by atoms with Crippen molar-refractivity contribution in [3.8, 4) is 0 Å². The minimum atomic E-state index is -0.533. The number of carbonyl (C=O) groups excluding carboxylic acids is 1. The molecule has 3 nitrogen and oxygen atoms in total. The average molecular weight is 271 g/mol. The fourth-order valence-corrected chi connectivity index (χ4v) is 1.22. The van der Waals surface area contributed by atoms with Crippen molar-refractivity contribution in [1.29, 1.82) is 0 Å². The maximum atomic E-state index is 11.7. The molecule has 0 aliphatic rings. The summed E-state index contributed by atoms with van der Waals surface area (Å²) < 4.78 is -0.533. The molecule has 1 N–H and O–H groups in total. The van der Waals surface area contributed by atoms with E-state index in [4.69, 9.17) is 0 Å². The number of halogens is 1. The van der Waals surface area contributed by atoms with E-state index in [1.165, 1.54) is 0 Å². The molecule has 0 aromatic carbocycles. The summed E-state index contributed by atoms with van der Waals surface area (Å²) in [6, 6.07) is 3.79. The molecule has 1 rings (SSSR count). The second-order valence-electron chi connectivity index (χ2n) is 3.95. The van der Waals surface area contributed by atoms with Gasteiger partial charge in [0.05, 0.1) is 10.4 Å². The van der Waals surface area contributed by atoms with Crippen LogP contribution in [0.25, 0.3) is 0 Å². The fourth-order valence-electron chi connectivity index (χ4n) is 1.10. The van der Waals surface area contributed by atoms with Crippen LogP contribution in [0.3, 0.4) is 0 Å². The number of aromatic nitrogens is 1. The van der Waals surface area contributed by atoms with Crippen LogP contribution in [0.5, 0.6) is 0 Å². The van der Waals surface area contributed by atoms with Crippen LogP contribution in [0, 0.1) is 0 Å². The molecule has 0 fully saturated rings. The first-order valence-corrected chi connectivity index (χ1v) is 5.60. The number of hydrogen-bond acceptors (Lipinski definition) is 2. The minimum absolute atomic E-state index is 0.00248. The van der Waals surface area contributed by atoms with Crippen LogP contribution in [-0.4, -0.2) is 15.2 Å². The van der Waals surface area contributed by atoms with Gasteiger partial charge in [0.2, 0.25) is 5.91 Å². The molecule has 0 bridgehead atoms. The van der Waals surface area contributed by atoms with Gasteiger partial charge < -0.3 is 5.32 Å². The highest BCUT2D eigenvalue weighted by Crippen LogP contribution is 2.18. The number of pyridine rings is 1. The smallest absolute Gasteiger partial charge is 0.236 e. The van der Waals surface area contributed by atoms with Gasteiger partial charge in [0, 0.05) is 12.4 Å². The summed E-state index contributed by atoms with van der Waals surface area (Å²) in [4.78, 5) is 15.6.